The maximum atomic E-state index is 6.11. The molecule has 0 bridgehead atoms. The van der Waals surface area contributed by atoms with Gasteiger partial charge in [0.15, 0.2) is 0 Å². The number of nitrogens with zero attached hydrogens (tertiary/aromatic N) is 2. The fraction of sp³-hybridized carbons (Fsp3) is 0.217. The zero-order valence-corrected chi connectivity index (χ0v) is 17.2. The number of rotatable bonds is 3. The van der Waals surface area contributed by atoms with Crippen LogP contribution in [0.2, 0.25) is 5.02 Å². The highest BCUT2D eigenvalue weighted by atomic mass is 35.5. The molecule has 3 nitrogen and oxygen atoms in total. The van der Waals surface area contributed by atoms with Crippen molar-refractivity contribution in [3.05, 3.63) is 69.8 Å². The molecular weight excluding hydrogens is 386 g/mol. The normalized spacial score (nSPS) is 13.5. The second kappa shape index (κ2) is 7.19. The van der Waals surface area contributed by atoms with Gasteiger partial charge < -0.3 is 5.32 Å². The van der Waals surface area contributed by atoms with Crippen molar-refractivity contribution < 1.29 is 0 Å². The number of hydrogen-bond acceptors (Lipinski definition) is 4. The summed E-state index contributed by atoms with van der Waals surface area (Å²) < 4.78 is 0. The molecule has 0 saturated heterocycles. The summed E-state index contributed by atoms with van der Waals surface area (Å²) in [6.45, 7) is 2.05. The molecular formula is C23H20ClN3S. The number of benzene rings is 2. The van der Waals surface area contributed by atoms with Crippen molar-refractivity contribution in [2.45, 2.75) is 32.6 Å². The molecule has 0 saturated carbocycles. The molecule has 4 aromatic rings. The van der Waals surface area contributed by atoms with E-state index in [0.29, 0.717) is 0 Å². The lowest BCUT2D eigenvalue weighted by Gasteiger charge is -2.17. The monoisotopic (exact) mass is 405 g/mol. The molecule has 0 spiro atoms. The number of aryl methyl sites for hydroxylation is 3. The van der Waals surface area contributed by atoms with Crippen LogP contribution in [0.1, 0.15) is 29.5 Å². The van der Waals surface area contributed by atoms with Crippen LogP contribution in [0.4, 0.5) is 11.5 Å². The van der Waals surface area contributed by atoms with Crippen molar-refractivity contribution in [1.29, 1.82) is 0 Å². The Morgan fingerprint density at radius 1 is 1.00 bits per heavy atom. The fourth-order valence-electron chi connectivity index (χ4n) is 3.98. The first kappa shape index (κ1) is 17.7. The van der Waals surface area contributed by atoms with Crippen LogP contribution < -0.4 is 5.32 Å². The molecule has 0 unspecified atom stereocenters. The van der Waals surface area contributed by atoms with Crippen LogP contribution in [-0.2, 0) is 12.8 Å². The van der Waals surface area contributed by atoms with Gasteiger partial charge in [0.05, 0.1) is 5.39 Å². The van der Waals surface area contributed by atoms with Gasteiger partial charge in [-0.25, -0.2) is 9.97 Å². The van der Waals surface area contributed by atoms with Gasteiger partial charge in [-0.2, -0.15) is 0 Å². The third-order valence-electron chi connectivity index (χ3n) is 5.47. The van der Waals surface area contributed by atoms with E-state index in [1.807, 2.05) is 25.1 Å². The molecule has 28 heavy (non-hydrogen) atoms. The van der Waals surface area contributed by atoms with Crippen LogP contribution in [0.5, 0.6) is 0 Å². The average Bonchev–Trinajstić information content (AvgIpc) is 3.15. The molecule has 0 amide bonds. The smallest absolute Gasteiger partial charge is 0.143 e. The van der Waals surface area contributed by atoms with Crippen molar-refractivity contribution in [2.75, 3.05) is 5.32 Å². The van der Waals surface area contributed by atoms with Crippen molar-refractivity contribution in [2.24, 2.45) is 0 Å². The number of aromatic nitrogens is 2. The minimum atomic E-state index is 0.737. The van der Waals surface area contributed by atoms with Crippen molar-refractivity contribution in [3.63, 3.8) is 0 Å². The highest BCUT2D eigenvalue weighted by molar-refractivity contribution is 7.17. The molecule has 0 radical (unpaired) electrons. The Labute approximate surface area is 173 Å². The Morgan fingerprint density at radius 3 is 2.71 bits per heavy atom. The molecule has 1 aliphatic carbocycles. The quantitative estimate of drug-likeness (QED) is 0.401. The number of halogens is 1. The fourth-order valence-corrected chi connectivity index (χ4v) is 5.12. The zero-order chi connectivity index (χ0) is 19.1. The first-order chi connectivity index (χ1) is 13.7. The molecule has 2 aromatic carbocycles. The number of hydrogen-bond donors (Lipinski definition) is 1. The predicted octanol–water partition coefficient (Wildman–Crippen LogP) is 6.94. The van der Waals surface area contributed by atoms with Crippen LogP contribution in [-0.4, -0.2) is 9.97 Å². The van der Waals surface area contributed by atoms with E-state index < -0.39 is 0 Å². The highest BCUT2D eigenvalue weighted by Crippen LogP contribution is 2.39. The van der Waals surface area contributed by atoms with Gasteiger partial charge in [-0.05, 0) is 73.1 Å². The average molecular weight is 406 g/mol. The van der Waals surface area contributed by atoms with Crippen LogP contribution in [0.25, 0.3) is 21.3 Å². The summed E-state index contributed by atoms with van der Waals surface area (Å²) in [5, 5.41) is 7.51. The minimum absolute atomic E-state index is 0.737. The van der Waals surface area contributed by atoms with Gasteiger partial charge in [-0.15, -0.1) is 11.3 Å². The van der Waals surface area contributed by atoms with E-state index in [4.69, 9.17) is 11.6 Å². The minimum Gasteiger partial charge on any atom is -0.339 e. The first-order valence-corrected chi connectivity index (χ1v) is 10.8. The van der Waals surface area contributed by atoms with Gasteiger partial charge in [0.2, 0.25) is 0 Å². The van der Waals surface area contributed by atoms with E-state index in [-0.39, 0.29) is 0 Å². The molecule has 1 N–H and O–H groups in total. The predicted molar refractivity (Wildman–Crippen MR) is 119 cm³/mol. The number of thiophene rings is 1. The molecule has 0 aliphatic heterocycles. The molecule has 2 heterocycles. The second-order valence-corrected chi connectivity index (χ2v) is 8.62. The summed E-state index contributed by atoms with van der Waals surface area (Å²) >= 11 is 7.77. The Balaban J connectivity index is 1.61. The Kier molecular flexibility index (Phi) is 4.53. The van der Waals surface area contributed by atoms with E-state index >= 15 is 0 Å². The molecule has 2 aromatic heterocycles. The first-order valence-electron chi connectivity index (χ1n) is 9.56. The van der Waals surface area contributed by atoms with Gasteiger partial charge in [0.1, 0.15) is 17.0 Å². The van der Waals surface area contributed by atoms with E-state index in [1.165, 1.54) is 47.9 Å². The summed E-state index contributed by atoms with van der Waals surface area (Å²) in [4.78, 5) is 10.1. The second-order valence-electron chi connectivity index (χ2n) is 7.33. The molecule has 5 heteroatoms. The maximum absolute atomic E-state index is 6.11. The maximum Gasteiger partial charge on any atom is 0.143 e. The van der Waals surface area contributed by atoms with E-state index in [0.717, 1.165) is 32.3 Å². The van der Waals surface area contributed by atoms with E-state index in [2.05, 4.69) is 38.9 Å². The lowest BCUT2D eigenvalue weighted by atomic mass is 9.89. The van der Waals surface area contributed by atoms with Gasteiger partial charge in [0.25, 0.3) is 0 Å². The SMILES string of the molecule is Cc1cc(Cl)ccc1Nc1ncnc2scc(-c3ccc4c(c3)CCCC4)c12. The number of fused-ring (bicyclic) bond motifs is 2. The summed E-state index contributed by atoms with van der Waals surface area (Å²) in [5.74, 6) is 0.837. The molecule has 1 aliphatic rings. The lowest BCUT2D eigenvalue weighted by Crippen LogP contribution is -2.02. The van der Waals surface area contributed by atoms with Gasteiger partial charge in [0, 0.05) is 21.7 Å². The van der Waals surface area contributed by atoms with Gasteiger partial charge in [-0.1, -0.05) is 29.8 Å². The van der Waals surface area contributed by atoms with Crippen LogP contribution >= 0.6 is 22.9 Å². The summed E-state index contributed by atoms with van der Waals surface area (Å²) in [5.41, 5.74) is 7.53. The van der Waals surface area contributed by atoms with Crippen molar-refractivity contribution >= 4 is 44.7 Å². The summed E-state index contributed by atoms with van der Waals surface area (Å²) in [7, 11) is 0. The Morgan fingerprint density at radius 2 is 1.86 bits per heavy atom. The largest absolute Gasteiger partial charge is 0.339 e. The Hall–Kier alpha value is -2.43. The Bertz CT molecular complexity index is 1180. The van der Waals surface area contributed by atoms with Gasteiger partial charge in [-0.3, -0.25) is 0 Å². The van der Waals surface area contributed by atoms with Crippen molar-refractivity contribution in [1.82, 2.24) is 9.97 Å². The topological polar surface area (TPSA) is 37.8 Å². The zero-order valence-electron chi connectivity index (χ0n) is 15.6. The molecule has 0 fully saturated rings. The summed E-state index contributed by atoms with van der Waals surface area (Å²) in [6.07, 6.45) is 6.59. The summed E-state index contributed by atoms with van der Waals surface area (Å²) in [6, 6.07) is 12.8. The molecule has 140 valence electrons. The van der Waals surface area contributed by atoms with Crippen LogP contribution in [0.3, 0.4) is 0 Å². The number of nitrogens with one attached hydrogen (secondary N) is 1. The lowest BCUT2D eigenvalue weighted by molar-refractivity contribution is 0.686. The molecule has 0 atom stereocenters. The van der Waals surface area contributed by atoms with Crippen LogP contribution in [0, 0.1) is 6.92 Å². The molecule has 5 rings (SSSR count). The van der Waals surface area contributed by atoms with E-state index in [9.17, 15) is 0 Å². The van der Waals surface area contributed by atoms with E-state index in [1.54, 1.807) is 17.7 Å². The third kappa shape index (κ3) is 3.17. The number of anilines is 2. The highest BCUT2D eigenvalue weighted by Gasteiger charge is 2.16. The van der Waals surface area contributed by atoms with Gasteiger partial charge >= 0.3 is 0 Å². The van der Waals surface area contributed by atoms with Crippen molar-refractivity contribution in [3.8, 4) is 11.1 Å². The standard InChI is InChI=1S/C23H20ClN3S/c1-14-10-18(24)8-9-20(14)27-22-21-19(12-28-23(21)26-13-25-22)17-7-6-15-4-2-3-5-16(15)11-17/h6-13H,2-5H2,1H3,(H,25,26,27). The third-order valence-corrected chi connectivity index (χ3v) is 6.59. The van der Waals surface area contributed by atoms with Crippen LogP contribution in [0.15, 0.2) is 48.1 Å².